The number of nitrogens with zero attached hydrogens (tertiary/aromatic N) is 1. The minimum absolute atomic E-state index is 0.206. The Labute approximate surface area is 92.5 Å². The molecule has 0 aliphatic carbocycles. The molecule has 0 unspecified atom stereocenters. The molecule has 0 aromatic heterocycles. The average Bonchev–Trinajstić information content (AvgIpc) is 2.26. The Kier molecular flexibility index (Phi) is 4.79. The van der Waals surface area contributed by atoms with Gasteiger partial charge in [0.25, 0.3) is 0 Å². The molecule has 1 rings (SSSR count). The fourth-order valence-corrected chi connectivity index (χ4v) is 1.79. The van der Waals surface area contributed by atoms with Crippen molar-refractivity contribution >= 4 is 0 Å². The molecular weight excluding hydrogens is 186 g/mol. The van der Waals surface area contributed by atoms with Crippen LogP contribution in [0.3, 0.4) is 0 Å². The van der Waals surface area contributed by atoms with E-state index in [0.29, 0.717) is 0 Å². The second kappa shape index (κ2) is 5.89. The monoisotopic (exact) mass is 207 g/mol. The summed E-state index contributed by atoms with van der Waals surface area (Å²) in [6.45, 7) is 2.02. The largest absolute Gasteiger partial charge is 0.391 e. The van der Waals surface area contributed by atoms with Crippen molar-refractivity contribution in [2.45, 2.75) is 31.9 Å². The Balaban J connectivity index is 2.67. The first kappa shape index (κ1) is 12.2. The van der Waals surface area contributed by atoms with E-state index in [9.17, 15) is 5.11 Å². The van der Waals surface area contributed by atoms with Gasteiger partial charge >= 0.3 is 0 Å². The summed E-state index contributed by atoms with van der Waals surface area (Å²) in [5.41, 5.74) is 1.28. The topological polar surface area (TPSA) is 23.5 Å². The lowest BCUT2D eigenvalue weighted by Gasteiger charge is -2.28. The molecule has 1 aromatic rings. The normalized spacial score (nSPS) is 15.3. The zero-order valence-corrected chi connectivity index (χ0v) is 9.85. The average molecular weight is 207 g/mol. The van der Waals surface area contributed by atoms with Crippen LogP contribution in [-0.4, -0.2) is 36.2 Å². The van der Waals surface area contributed by atoms with Crippen LogP contribution in [0.1, 0.15) is 18.9 Å². The summed E-state index contributed by atoms with van der Waals surface area (Å²) in [4.78, 5) is 2.10. The van der Waals surface area contributed by atoms with Crippen molar-refractivity contribution in [1.82, 2.24) is 4.90 Å². The van der Waals surface area contributed by atoms with Crippen LogP contribution in [0.25, 0.3) is 0 Å². The zero-order chi connectivity index (χ0) is 11.3. The van der Waals surface area contributed by atoms with Gasteiger partial charge in [0.05, 0.1) is 6.10 Å². The molecule has 0 saturated carbocycles. The number of likely N-dealkylation sites (N-methyl/N-ethyl adjacent to an activating group) is 1. The van der Waals surface area contributed by atoms with Gasteiger partial charge in [0, 0.05) is 6.04 Å². The molecular formula is C13H21NO. The molecule has 2 nitrogen and oxygen atoms in total. The minimum Gasteiger partial charge on any atom is -0.391 e. The van der Waals surface area contributed by atoms with Gasteiger partial charge in [0.1, 0.15) is 0 Å². The van der Waals surface area contributed by atoms with E-state index >= 15 is 0 Å². The lowest BCUT2D eigenvalue weighted by atomic mass is 9.99. The Morgan fingerprint density at radius 1 is 1.20 bits per heavy atom. The molecule has 2 heteroatoms. The highest BCUT2D eigenvalue weighted by Gasteiger charge is 2.19. The zero-order valence-electron chi connectivity index (χ0n) is 9.85. The van der Waals surface area contributed by atoms with Crippen LogP contribution in [-0.2, 0) is 6.42 Å². The number of aliphatic hydroxyl groups is 1. The van der Waals surface area contributed by atoms with Gasteiger partial charge in [-0.2, -0.15) is 0 Å². The van der Waals surface area contributed by atoms with Gasteiger partial charge in [-0.05, 0) is 32.5 Å². The Morgan fingerprint density at radius 2 is 1.80 bits per heavy atom. The third-order valence-corrected chi connectivity index (χ3v) is 2.81. The Hall–Kier alpha value is -0.860. The standard InChI is InChI=1S/C13H21NO/c1-4-13(15)12(14(2)3)10-11-8-6-5-7-9-11/h5-9,12-13,15H,4,10H2,1-3H3/t12-,13+/m1/s1. The van der Waals surface area contributed by atoms with E-state index in [0.717, 1.165) is 12.8 Å². The fourth-order valence-electron chi connectivity index (χ4n) is 1.79. The maximum atomic E-state index is 9.91. The number of aliphatic hydroxyl groups excluding tert-OH is 1. The first-order valence-corrected chi connectivity index (χ1v) is 5.53. The summed E-state index contributed by atoms with van der Waals surface area (Å²) in [7, 11) is 4.04. The second-order valence-electron chi connectivity index (χ2n) is 4.20. The van der Waals surface area contributed by atoms with Crippen molar-refractivity contribution in [2.75, 3.05) is 14.1 Å². The van der Waals surface area contributed by atoms with Crippen molar-refractivity contribution in [2.24, 2.45) is 0 Å². The predicted octanol–water partition coefficient (Wildman–Crippen LogP) is 1.93. The quantitative estimate of drug-likeness (QED) is 0.797. The van der Waals surface area contributed by atoms with E-state index in [1.165, 1.54) is 5.56 Å². The van der Waals surface area contributed by atoms with E-state index in [1.54, 1.807) is 0 Å². The third kappa shape index (κ3) is 3.65. The Bertz CT molecular complexity index is 271. The molecule has 1 aromatic carbocycles. The lowest BCUT2D eigenvalue weighted by molar-refractivity contribution is 0.0730. The molecule has 84 valence electrons. The molecule has 0 heterocycles. The predicted molar refractivity (Wildman–Crippen MR) is 63.9 cm³/mol. The minimum atomic E-state index is -0.250. The lowest BCUT2D eigenvalue weighted by Crippen LogP contribution is -2.40. The van der Waals surface area contributed by atoms with E-state index in [-0.39, 0.29) is 12.1 Å². The summed E-state index contributed by atoms with van der Waals surface area (Å²) in [6, 6.07) is 10.5. The first-order valence-electron chi connectivity index (χ1n) is 5.53. The van der Waals surface area contributed by atoms with Gasteiger partial charge in [0.15, 0.2) is 0 Å². The highest BCUT2D eigenvalue weighted by atomic mass is 16.3. The van der Waals surface area contributed by atoms with Crippen molar-refractivity contribution in [3.05, 3.63) is 35.9 Å². The molecule has 0 amide bonds. The Morgan fingerprint density at radius 3 is 2.27 bits per heavy atom. The smallest absolute Gasteiger partial charge is 0.0695 e. The highest BCUT2D eigenvalue weighted by molar-refractivity contribution is 5.16. The SMILES string of the molecule is CC[C@H](O)[C@@H](Cc1ccccc1)N(C)C. The summed E-state index contributed by atoms with van der Waals surface area (Å²) in [5.74, 6) is 0. The van der Waals surface area contributed by atoms with Gasteiger partial charge in [-0.25, -0.2) is 0 Å². The van der Waals surface area contributed by atoms with Crippen LogP contribution in [0.2, 0.25) is 0 Å². The molecule has 0 aliphatic heterocycles. The van der Waals surface area contributed by atoms with Crippen LogP contribution in [0.4, 0.5) is 0 Å². The van der Waals surface area contributed by atoms with Crippen molar-refractivity contribution in [3.8, 4) is 0 Å². The van der Waals surface area contributed by atoms with E-state index in [4.69, 9.17) is 0 Å². The summed E-state index contributed by atoms with van der Waals surface area (Å²) < 4.78 is 0. The number of hydrogen-bond donors (Lipinski definition) is 1. The van der Waals surface area contributed by atoms with Gasteiger partial charge in [-0.1, -0.05) is 37.3 Å². The van der Waals surface area contributed by atoms with Crippen molar-refractivity contribution < 1.29 is 5.11 Å². The molecule has 0 spiro atoms. The van der Waals surface area contributed by atoms with Gasteiger partial charge in [-0.3, -0.25) is 0 Å². The van der Waals surface area contributed by atoms with Crippen molar-refractivity contribution in [3.63, 3.8) is 0 Å². The van der Waals surface area contributed by atoms with Crippen LogP contribution in [0, 0.1) is 0 Å². The van der Waals surface area contributed by atoms with Crippen LogP contribution >= 0.6 is 0 Å². The van der Waals surface area contributed by atoms with Crippen LogP contribution in [0.15, 0.2) is 30.3 Å². The molecule has 0 fully saturated rings. The number of benzene rings is 1. The molecule has 0 radical (unpaired) electrons. The van der Waals surface area contributed by atoms with Crippen molar-refractivity contribution in [1.29, 1.82) is 0 Å². The summed E-state index contributed by atoms with van der Waals surface area (Å²) in [6.07, 6.45) is 1.46. The fraction of sp³-hybridized carbons (Fsp3) is 0.538. The van der Waals surface area contributed by atoms with E-state index in [2.05, 4.69) is 17.0 Å². The first-order chi connectivity index (χ1) is 7.15. The molecule has 15 heavy (non-hydrogen) atoms. The van der Waals surface area contributed by atoms with E-state index < -0.39 is 0 Å². The highest BCUT2D eigenvalue weighted by Crippen LogP contribution is 2.12. The summed E-state index contributed by atoms with van der Waals surface area (Å²) in [5, 5.41) is 9.91. The van der Waals surface area contributed by atoms with Crippen LogP contribution in [0.5, 0.6) is 0 Å². The molecule has 2 atom stereocenters. The van der Waals surface area contributed by atoms with E-state index in [1.807, 2.05) is 39.2 Å². The summed E-state index contributed by atoms with van der Waals surface area (Å²) >= 11 is 0. The van der Waals surface area contributed by atoms with Gasteiger partial charge < -0.3 is 10.0 Å². The second-order valence-corrected chi connectivity index (χ2v) is 4.20. The van der Waals surface area contributed by atoms with Crippen LogP contribution < -0.4 is 0 Å². The number of hydrogen-bond acceptors (Lipinski definition) is 2. The molecule has 1 N–H and O–H groups in total. The van der Waals surface area contributed by atoms with Gasteiger partial charge in [-0.15, -0.1) is 0 Å². The third-order valence-electron chi connectivity index (χ3n) is 2.81. The maximum Gasteiger partial charge on any atom is 0.0695 e. The maximum absolute atomic E-state index is 9.91. The molecule has 0 saturated heterocycles. The molecule has 0 aliphatic rings. The van der Waals surface area contributed by atoms with Gasteiger partial charge in [0.2, 0.25) is 0 Å². The number of rotatable bonds is 5. The molecule has 0 bridgehead atoms.